The molecule has 2 rings (SSSR count). The SMILES string of the molecule is CC(C)NCc1cccnc1N1CCC(C)(C(N)=O)C1. The summed E-state index contributed by atoms with van der Waals surface area (Å²) in [7, 11) is 0. The van der Waals surface area contributed by atoms with Crippen LogP contribution in [0.25, 0.3) is 0 Å². The molecule has 5 heteroatoms. The summed E-state index contributed by atoms with van der Waals surface area (Å²) < 4.78 is 0. The second kappa shape index (κ2) is 5.79. The first kappa shape index (κ1) is 14.8. The maximum Gasteiger partial charge on any atom is 0.225 e. The first-order chi connectivity index (χ1) is 9.42. The van der Waals surface area contributed by atoms with Crippen LogP contribution in [0, 0.1) is 5.41 Å². The Hall–Kier alpha value is -1.62. The third kappa shape index (κ3) is 3.10. The van der Waals surface area contributed by atoms with Gasteiger partial charge in [0.2, 0.25) is 5.91 Å². The summed E-state index contributed by atoms with van der Waals surface area (Å²) in [5, 5.41) is 3.41. The highest BCUT2D eigenvalue weighted by Gasteiger charge is 2.39. The molecular formula is C15H24N4O. The number of carbonyl (C=O) groups is 1. The Bertz CT molecular complexity index is 489. The van der Waals surface area contributed by atoms with Gasteiger partial charge in [-0.05, 0) is 19.4 Å². The molecule has 20 heavy (non-hydrogen) atoms. The number of nitrogens with zero attached hydrogens (tertiary/aromatic N) is 2. The predicted molar refractivity (Wildman–Crippen MR) is 80.3 cm³/mol. The Labute approximate surface area is 120 Å². The molecule has 1 saturated heterocycles. The maximum absolute atomic E-state index is 11.6. The van der Waals surface area contributed by atoms with E-state index in [9.17, 15) is 4.79 Å². The minimum atomic E-state index is -0.444. The van der Waals surface area contributed by atoms with E-state index in [2.05, 4.69) is 35.1 Å². The molecule has 1 aliphatic heterocycles. The third-order valence-corrected chi connectivity index (χ3v) is 3.94. The number of hydrogen-bond donors (Lipinski definition) is 2. The molecule has 0 saturated carbocycles. The molecule has 3 N–H and O–H groups in total. The van der Waals surface area contributed by atoms with Crippen LogP contribution in [-0.4, -0.2) is 30.0 Å². The lowest BCUT2D eigenvalue weighted by molar-refractivity contribution is -0.125. The molecule has 1 unspecified atom stereocenters. The first-order valence-corrected chi connectivity index (χ1v) is 7.14. The van der Waals surface area contributed by atoms with Crippen LogP contribution in [0.4, 0.5) is 5.82 Å². The number of primary amides is 1. The zero-order chi connectivity index (χ0) is 14.8. The fourth-order valence-electron chi connectivity index (χ4n) is 2.51. The number of pyridine rings is 1. The second-order valence-electron chi connectivity index (χ2n) is 6.12. The monoisotopic (exact) mass is 276 g/mol. The van der Waals surface area contributed by atoms with Crippen molar-refractivity contribution in [2.24, 2.45) is 11.1 Å². The van der Waals surface area contributed by atoms with Crippen molar-refractivity contribution in [2.75, 3.05) is 18.0 Å². The Morgan fingerprint density at radius 1 is 1.60 bits per heavy atom. The molecule has 1 amide bonds. The first-order valence-electron chi connectivity index (χ1n) is 7.14. The molecule has 1 aromatic heterocycles. The van der Waals surface area contributed by atoms with Crippen LogP contribution in [0.2, 0.25) is 0 Å². The van der Waals surface area contributed by atoms with Gasteiger partial charge in [-0.2, -0.15) is 0 Å². The number of rotatable bonds is 5. The number of amides is 1. The molecule has 0 aliphatic carbocycles. The molecule has 1 fully saturated rings. The van der Waals surface area contributed by atoms with Crippen LogP contribution in [-0.2, 0) is 11.3 Å². The average Bonchev–Trinajstić information content (AvgIpc) is 2.81. The molecule has 0 aromatic carbocycles. The second-order valence-corrected chi connectivity index (χ2v) is 6.12. The lowest BCUT2D eigenvalue weighted by Crippen LogP contribution is -2.37. The van der Waals surface area contributed by atoms with E-state index in [0.29, 0.717) is 12.6 Å². The third-order valence-electron chi connectivity index (χ3n) is 3.94. The topological polar surface area (TPSA) is 71.2 Å². The highest BCUT2D eigenvalue weighted by atomic mass is 16.1. The van der Waals surface area contributed by atoms with Gasteiger partial charge in [0.05, 0.1) is 5.41 Å². The van der Waals surface area contributed by atoms with Crippen LogP contribution in [0.1, 0.15) is 32.8 Å². The fourth-order valence-corrected chi connectivity index (χ4v) is 2.51. The molecule has 1 aromatic rings. The number of carbonyl (C=O) groups excluding carboxylic acids is 1. The molecule has 0 spiro atoms. The largest absolute Gasteiger partial charge is 0.369 e. The lowest BCUT2D eigenvalue weighted by atomic mass is 9.89. The van der Waals surface area contributed by atoms with Crippen molar-refractivity contribution < 1.29 is 4.79 Å². The summed E-state index contributed by atoms with van der Waals surface area (Å²) in [6.45, 7) is 8.43. The minimum absolute atomic E-state index is 0.224. The normalized spacial score (nSPS) is 22.5. The number of hydrogen-bond acceptors (Lipinski definition) is 4. The molecule has 1 atom stereocenters. The fraction of sp³-hybridized carbons (Fsp3) is 0.600. The molecule has 0 bridgehead atoms. The van der Waals surface area contributed by atoms with Crippen molar-refractivity contribution in [3.8, 4) is 0 Å². The van der Waals surface area contributed by atoms with E-state index in [1.165, 1.54) is 0 Å². The van der Waals surface area contributed by atoms with Crippen LogP contribution >= 0.6 is 0 Å². The molecule has 5 nitrogen and oxygen atoms in total. The van der Waals surface area contributed by atoms with Crippen LogP contribution in [0.5, 0.6) is 0 Å². The van der Waals surface area contributed by atoms with Crippen molar-refractivity contribution in [2.45, 2.75) is 39.8 Å². The number of aromatic nitrogens is 1. The lowest BCUT2D eigenvalue weighted by Gasteiger charge is -2.24. The zero-order valence-corrected chi connectivity index (χ0v) is 12.5. The summed E-state index contributed by atoms with van der Waals surface area (Å²) >= 11 is 0. The zero-order valence-electron chi connectivity index (χ0n) is 12.5. The summed E-state index contributed by atoms with van der Waals surface area (Å²) in [5.41, 5.74) is 6.23. The summed E-state index contributed by atoms with van der Waals surface area (Å²) in [6, 6.07) is 4.46. The van der Waals surface area contributed by atoms with Gasteiger partial charge in [-0.3, -0.25) is 4.79 Å². The highest BCUT2D eigenvalue weighted by molar-refractivity contribution is 5.82. The van der Waals surface area contributed by atoms with E-state index in [1.54, 1.807) is 6.20 Å². The van der Waals surface area contributed by atoms with Gasteiger partial charge < -0.3 is 16.0 Å². The van der Waals surface area contributed by atoms with Gasteiger partial charge >= 0.3 is 0 Å². The quantitative estimate of drug-likeness (QED) is 0.850. The number of nitrogens with one attached hydrogen (secondary N) is 1. The smallest absolute Gasteiger partial charge is 0.225 e. The standard InChI is InChI=1S/C15H24N4O/c1-11(2)18-9-12-5-4-7-17-13(12)19-8-6-15(3,10-19)14(16)20/h4-5,7,11,18H,6,8-10H2,1-3H3,(H2,16,20). The van der Waals surface area contributed by atoms with Crippen molar-refractivity contribution in [3.63, 3.8) is 0 Å². The van der Waals surface area contributed by atoms with Crippen molar-refractivity contribution in [1.82, 2.24) is 10.3 Å². The van der Waals surface area contributed by atoms with E-state index in [-0.39, 0.29) is 5.91 Å². The highest BCUT2D eigenvalue weighted by Crippen LogP contribution is 2.33. The Morgan fingerprint density at radius 2 is 2.35 bits per heavy atom. The Kier molecular flexibility index (Phi) is 4.28. The number of anilines is 1. The van der Waals surface area contributed by atoms with Gasteiger partial charge in [0.25, 0.3) is 0 Å². The van der Waals surface area contributed by atoms with Gasteiger partial charge in [0.1, 0.15) is 5.82 Å². The predicted octanol–water partition coefficient (Wildman–Crippen LogP) is 1.28. The summed E-state index contributed by atoms with van der Waals surface area (Å²) in [6.07, 6.45) is 2.59. The minimum Gasteiger partial charge on any atom is -0.369 e. The van der Waals surface area contributed by atoms with Gasteiger partial charge in [-0.25, -0.2) is 4.98 Å². The molecule has 1 aliphatic rings. The van der Waals surface area contributed by atoms with Gasteiger partial charge in [0, 0.05) is 37.4 Å². The van der Waals surface area contributed by atoms with Crippen LogP contribution in [0.3, 0.4) is 0 Å². The van der Waals surface area contributed by atoms with E-state index in [1.807, 2.05) is 13.0 Å². The van der Waals surface area contributed by atoms with E-state index >= 15 is 0 Å². The van der Waals surface area contributed by atoms with Crippen LogP contribution in [0.15, 0.2) is 18.3 Å². The molecule has 0 radical (unpaired) electrons. The Balaban J connectivity index is 2.15. The molecule has 110 valence electrons. The van der Waals surface area contributed by atoms with Crippen molar-refractivity contribution in [1.29, 1.82) is 0 Å². The van der Waals surface area contributed by atoms with Crippen LogP contribution < -0.4 is 16.0 Å². The summed E-state index contributed by atoms with van der Waals surface area (Å²) in [4.78, 5) is 18.2. The van der Waals surface area contributed by atoms with E-state index < -0.39 is 5.41 Å². The van der Waals surface area contributed by atoms with Crippen molar-refractivity contribution >= 4 is 11.7 Å². The van der Waals surface area contributed by atoms with E-state index in [0.717, 1.165) is 30.9 Å². The summed E-state index contributed by atoms with van der Waals surface area (Å²) in [5.74, 6) is 0.739. The molecule has 2 heterocycles. The van der Waals surface area contributed by atoms with E-state index in [4.69, 9.17) is 5.73 Å². The van der Waals surface area contributed by atoms with Crippen molar-refractivity contribution in [3.05, 3.63) is 23.9 Å². The number of nitrogens with two attached hydrogens (primary N) is 1. The Morgan fingerprint density at radius 3 is 2.95 bits per heavy atom. The van der Waals surface area contributed by atoms with Gasteiger partial charge in [0.15, 0.2) is 0 Å². The molecular weight excluding hydrogens is 252 g/mol. The van der Waals surface area contributed by atoms with Gasteiger partial charge in [-0.15, -0.1) is 0 Å². The van der Waals surface area contributed by atoms with Gasteiger partial charge in [-0.1, -0.05) is 19.9 Å². The average molecular weight is 276 g/mol. The maximum atomic E-state index is 11.6.